The third-order valence-corrected chi connectivity index (χ3v) is 6.32. The highest BCUT2D eigenvalue weighted by Crippen LogP contribution is 2.17. The second-order valence-electron chi connectivity index (χ2n) is 6.31. The van der Waals surface area contributed by atoms with Gasteiger partial charge in [0.15, 0.2) is 0 Å². The molecule has 0 aromatic heterocycles. The normalized spacial score (nSPS) is 16.6. The van der Waals surface area contributed by atoms with Crippen LogP contribution in [0, 0.1) is 6.92 Å². The molecule has 1 aromatic carbocycles. The van der Waals surface area contributed by atoms with E-state index in [1.165, 1.54) is 49.3 Å². The molecule has 0 atom stereocenters. The van der Waals surface area contributed by atoms with Crippen LogP contribution < -0.4 is 0 Å². The molecule has 0 saturated carbocycles. The van der Waals surface area contributed by atoms with E-state index >= 15 is 0 Å². The van der Waals surface area contributed by atoms with Crippen LogP contribution in [0.5, 0.6) is 0 Å². The highest BCUT2D eigenvalue weighted by Gasteiger charge is 2.25. The summed E-state index contributed by atoms with van der Waals surface area (Å²) in [6.45, 7) is 9.90. The number of halogens is 1. The Morgan fingerprint density at radius 1 is 1.06 bits per heavy atom. The van der Waals surface area contributed by atoms with Gasteiger partial charge in [0.2, 0.25) is 0 Å². The van der Waals surface area contributed by atoms with Crippen molar-refractivity contribution < 1.29 is 0 Å². The van der Waals surface area contributed by atoms with Crippen molar-refractivity contribution in [1.82, 2.24) is 4.90 Å². The van der Waals surface area contributed by atoms with Crippen LogP contribution in [-0.4, -0.2) is 32.2 Å². The topological polar surface area (TPSA) is 3.24 Å². The standard InChI is InChI=1S/C15H25NSi.ClH/c1-14-6-8-15(9-7-14)12-17(2,3)13-16-10-4-5-11-16;/h6-9H,4-5,10-13H2,1-3H3;1H. The number of aryl methyl sites for hydroxylation is 1. The van der Waals surface area contributed by atoms with E-state index in [9.17, 15) is 0 Å². The summed E-state index contributed by atoms with van der Waals surface area (Å²) in [7, 11) is -1.10. The Kier molecular flexibility index (Phi) is 5.89. The molecule has 0 spiro atoms. The second kappa shape index (κ2) is 6.74. The molecular formula is C15H26ClNSi. The summed E-state index contributed by atoms with van der Waals surface area (Å²) >= 11 is 0. The maximum Gasteiger partial charge on any atom is 0.0672 e. The van der Waals surface area contributed by atoms with E-state index in [1.807, 2.05) is 0 Å². The molecule has 1 saturated heterocycles. The summed E-state index contributed by atoms with van der Waals surface area (Å²) in [4.78, 5) is 2.68. The van der Waals surface area contributed by atoms with Crippen molar-refractivity contribution >= 4 is 20.5 Å². The molecule has 1 aliphatic heterocycles. The van der Waals surface area contributed by atoms with Crippen LogP contribution in [0.1, 0.15) is 24.0 Å². The van der Waals surface area contributed by atoms with Gasteiger partial charge in [0.1, 0.15) is 0 Å². The summed E-state index contributed by atoms with van der Waals surface area (Å²) in [5.41, 5.74) is 2.90. The van der Waals surface area contributed by atoms with Gasteiger partial charge >= 0.3 is 0 Å². The number of hydrogen-bond donors (Lipinski definition) is 0. The predicted molar refractivity (Wildman–Crippen MR) is 85.3 cm³/mol. The number of nitrogens with zero attached hydrogens (tertiary/aromatic N) is 1. The quantitative estimate of drug-likeness (QED) is 0.759. The van der Waals surface area contributed by atoms with Gasteiger partial charge in [0.25, 0.3) is 0 Å². The van der Waals surface area contributed by atoms with Gasteiger partial charge in [-0.1, -0.05) is 48.5 Å². The van der Waals surface area contributed by atoms with Crippen LogP contribution in [0.15, 0.2) is 24.3 Å². The molecule has 1 fully saturated rings. The molecule has 102 valence electrons. The Morgan fingerprint density at radius 3 is 2.17 bits per heavy atom. The summed E-state index contributed by atoms with van der Waals surface area (Å²) in [5.74, 6) is 0. The van der Waals surface area contributed by atoms with Crippen molar-refractivity contribution in [3.63, 3.8) is 0 Å². The first-order chi connectivity index (χ1) is 8.05. The summed E-state index contributed by atoms with van der Waals surface area (Å²) in [6, 6.07) is 10.4. The molecule has 1 aliphatic rings. The van der Waals surface area contributed by atoms with Crippen LogP contribution in [0.25, 0.3) is 0 Å². The fourth-order valence-electron chi connectivity index (χ4n) is 2.86. The molecule has 0 unspecified atom stereocenters. The lowest BCUT2D eigenvalue weighted by Gasteiger charge is -2.28. The Morgan fingerprint density at radius 2 is 1.61 bits per heavy atom. The van der Waals surface area contributed by atoms with Crippen LogP contribution in [0.2, 0.25) is 13.1 Å². The highest BCUT2D eigenvalue weighted by atomic mass is 35.5. The first-order valence-electron chi connectivity index (χ1n) is 6.83. The van der Waals surface area contributed by atoms with Gasteiger partial charge in [0.05, 0.1) is 8.07 Å². The summed E-state index contributed by atoms with van der Waals surface area (Å²) < 4.78 is 0. The smallest absolute Gasteiger partial charge is 0.0672 e. The van der Waals surface area contributed by atoms with E-state index in [0.29, 0.717) is 0 Å². The Labute approximate surface area is 119 Å². The lowest BCUT2D eigenvalue weighted by atomic mass is 10.2. The van der Waals surface area contributed by atoms with Crippen molar-refractivity contribution in [3.05, 3.63) is 35.4 Å². The third kappa shape index (κ3) is 4.75. The Balaban J connectivity index is 0.00000162. The van der Waals surface area contributed by atoms with Gasteiger partial charge in [-0.3, -0.25) is 0 Å². The Hall–Kier alpha value is -0.313. The van der Waals surface area contributed by atoms with Crippen molar-refractivity contribution in [2.45, 2.75) is 38.9 Å². The van der Waals surface area contributed by atoms with E-state index < -0.39 is 8.07 Å². The maximum atomic E-state index is 2.68. The predicted octanol–water partition coefficient (Wildman–Crippen LogP) is 3.84. The molecule has 1 nitrogen and oxygen atoms in total. The molecule has 0 radical (unpaired) electrons. The Bertz CT molecular complexity index is 355. The van der Waals surface area contributed by atoms with Crippen molar-refractivity contribution in [2.24, 2.45) is 0 Å². The molecule has 0 N–H and O–H groups in total. The SMILES string of the molecule is Cc1ccc(C[Si](C)(C)CN2CCCC2)cc1.Cl. The van der Waals surface area contributed by atoms with Gasteiger partial charge in [0, 0.05) is 0 Å². The first-order valence-corrected chi connectivity index (χ1v) is 10.2. The van der Waals surface area contributed by atoms with Gasteiger partial charge in [-0.15, -0.1) is 12.4 Å². The minimum absolute atomic E-state index is 0. The van der Waals surface area contributed by atoms with E-state index in [-0.39, 0.29) is 12.4 Å². The highest BCUT2D eigenvalue weighted by molar-refractivity contribution is 6.77. The second-order valence-corrected chi connectivity index (χ2v) is 11.3. The van der Waals surface area contributed by atoms with Gasteiger partial charge < -0.3 is 4.90 Å². The zero-order valence-corrected chi connectivity index (χ0v) is 13.7. The largest absolute Gasteiger partial charge is 0.306 e. The number of benzene rings is 1. The van der Waals surface area contributed by atoms with Crippen molar-refractivity contribution in [2.75, 3.05) is 19.3 Å². The third-order valence-electron chi connectivity index (χ3n) is 3.65. The average molecular weight is 284 g/mol. The first kappa shape index (κ1) is 15.7. The van der Waals surface area contributed by atoms with Crippen LogP contribution in [-0.2, 0) is 6.04 Å². The summed E-state index contributed by atoms with van der Waals surface area (Å²) in [6.07, 6.45) is 4.20. The lowest BCUT2D eigenvalue weighted by Crippen LogP contribution is -2.43. The molecular weight excluding hydrogens is 258 g/mol. The molecule has 0 bridgehead atoms. The van der Waals surface area contributed by atoms with E-state index in [1.54, 1.807) is 0 Å². The fourth-order valence-corrected chi connectivity index (χ4v) is 5.84. The minimum atomic E-state index is -1.10. The zero-order chi connectivity index (χ0) is 12.3. The maximum absolute atomic E-state index is 2.68. The minimum Gasteiger partial charge on any atom is -0.306 e. The summed E-state index contributed by atoms with van der Waals surface area (Å²) in [5, 5.41) is 0. The lowest BCUT2D eigenvalue weighted by molar-refractivity contribution is 0.388. The van der Waals surface area contributed by atoms with Gasteiger partial charge in [-0.05, 0) is 45.1 Å². The van der Waals surface area contributed by atoms with Crippen LogP contribution in [0.3, 0.4) is 0 Å². The average Bonchev–Trinajstić information content (AvgIpc) is 2.73. The van der Waals surface area contributed by atoms with E-state index in [4.69, 9.17) is 0 Å². The number of rotatable bonds is 4. The van der Waals surface area contributed by atoms with Crippen molar-refractivity contribution in [1.29, 1.82) is 0 Å². The van der Waals surface area contributed by atoms with Crippen LogP contribution >= 0.6 is 12.4 Å². The zero-order valence-electron chi connectivity index (χ0n) is 11.9. The van der Waals surface area contributed by atoms with Gasteiger partial charge in [-0.25, -0.2) is 0 Å². The molecule has 0 aliphatic carbocycles. The van der Waals surface area contributed by atoms with Crippen LogP contribution in [0.4, 0.5) is 0 Å². The van der Waals surface area contributed by atoms with E-state index in [0.717, 1.165) is 0 Å². The number of likely N-dealkylation sites (tertiary alicyclic amines) is 1. The van der Waals surface area contributed by atoms with Gasteiger partial charge in [-0.2, -0.15) is 0 Å². The molecule has 18 heavy (non-hydrogen) atoms. The molecule has 2 rings (SSSR count). The van der Waals surface area contributed by atoms with Crippen molar-refractivity contribution in [3.8, 4) is 0 Å². The monoisotopic (exact) mass is 283 g/mol. The molecule has 1 aromatic rings. The fraction of sp³-hybridized carbons (Fsp3) is 0.600. The number of hydrogen-bond acceptors (Lipinski definition) is 1. The molecule has 3 heteroatoms. The molecule has 1 heterocycles. The van der Waals surface area contributed by atoms with E-state index in [2.05, 4.69) is 49.2 Å². The molecule has 0 amide bonds.